The van der Waals surface area contributed by atoms with Gasteiger partial charge in [-0.3, -0.25) is 0 Å². The van der Waals surface area contributed by atoms with Gasteiger partial charge in [0.2, 0.25) is 0 Å². The molecule has 0 heterocycles. The molecule has 0 rings (SSSR count). The molecule has 0 radical (unpaired) electrons. The van der Waals surface area contributed by atoms with E-state index in [2.05, 4.69) is 26.1 Å². The summed E-state index contributed by atoms with van der Waals surface area (Å²) < 4.78 is 5.46. The maximum Gasteiger partial charge on any atom is 0.0492 e. The standard InChI is InChI=1S/C10H23NO/c1-5-6-12-8-9(2)7-10(3)11-4/h9-11H,5-8H2,1-4H3. The second-order valence-electron chi connectivity index (χ2n) is 3.61. The van der Waals surface area contributed by atoms with Gasteiger partial charge in [-0.1, -0.05) is 13.8 Å². The molecule has 0 spiro atoms. The van der Waals surface area contributed by atoms with Crippen molar-refractivity contribution in [2.24, 2.45) is 5.92 Å². The summed E-state index contributed by atoms with van der Waals surface area (Å²) in [6.45, 7) is 8.39. The Morgan fingerprint density at radius 1 is 1.33 bits per heavy atom. The lowest BCUT2D eigenvalue weighted by Crippen LogP contribution is -2.25. The zero-order valence-corrected chi connectivity index (χ0v) is 8.89. The zero-order chi connectivity index (χ0) is 9.40. The quantitative estimate of drug-likeness (QED) is 0.595. The van der Waals surface area contributed by atoms with Crippen molar-refractivity contribution in [3.63, 3.8) is 0 Å². The van der Waals surface area contributed by atoms with E-state index in [0.29, 0.717) is 12.0 Å². The fraction of sp³-hybridized carbons (Fsp3) is 1.00. The molecule has 0 aliphatic rings. The molecule has 2 nitrogen and oxygen atoms in total. The van der Waals surface area contributed by atoms with Crippen LogP contribution in [0.5, 0.6) is 0 Å². The molecule has 0 aliphatic heterocycles. The molecule has 0 bridgehead atoms. The van der Waals surface area contributed by atoms with Crippen LogP contribution in [0.3, 0.4) is 0 Å². The van der Waals surface area contributed by atoms with Crippen LogP contribution in [0.15, 0.2) is 0 Å². The Hall–Kier alpha value is -0.0800. The summed E-state index contributed by atoms with van der Waals surface area (Å²) in [4.78, 5) is 0. The lowest BCUT2D eigenvalue weighted by atomic mass is 10.0. The molecule has 2 unspecified atom stereocenters. The highest BCUT2D eigenvalue weighted by Crippen LogP contribution is 2.05. The molecule has 0 aromatic rings. The van der Waals surface area contributed by atoms with Gasteiger partial charge in [-0.25, -0.2) is 0 Å². The van der Waals surface area contributed by atoms with Gasteiger partial charge >= 0.3 is 0 Å². The Morgan fingerprint density at radius 2 is 2.00 bits per heavy atom. The molecule has 2 atom stereocenters. The van der Waals surface area contributed by atoms with Gasteiger partial charge in [0.25, 0.3) is 0 Å². The van der Waals surface area contributed by atoms with Crippen molar-refractivity contribution in [1.82, 2.24) is 5.32 Å². The normalized spacial score (nSPS) is 16.0. The molecule has 0 aromatic carbocycles. The number of hydrogen-bond acceptors (Lipinski definition) is 2. The highest BCUT2D eigenvalue weighted by atomic mass is 16.5. The second-order valence-corrected chi connectivity index (χ2v) is 3.61. The van der Waals surface area contributed by atoms with E-state index < -0.39 is 0 Å². The molecule has 12 heavy (non-hydrogen) atoms. The van der Waals surface area contributed by atoms with Crippen LogP contribution in [0.1, 0.15) is 33.6 Å². The minimum atomic E-state index is 0.602. The van der Waals surface area contributed by atoms with E-state index in [4.69, 9.17) is 4.74 Å². The Bertz CT molecular complexity index is 95.8. The van der Waals surface area contributed by atoms with Crippen LogP contribution in [0.25, 0.3) is 0 Å². The van der Waals surface area contributed by atoms with Gasteiger partial charge < -0.3 is 10.1 Å². The van der Waals surface area contributed by atoms with Crippen molar-refractivity contribution in [2.45, 2.75) is 39.7 Å². The topological polar surface area (TPSA) is 21.3 Å². The van der Waals surface area contributed by atoms with Crippen LogP contribution in [0.4, 0.5) is 0 Å². The van der Waals surface area contributed by atoms with Crippen LogP contribution in [0, 0.1) is 5.92 Å². The summed E-state index contributed by atoms with van der Waals surface area (Å²) in [6, 6.07) is 0.602. The van der Waals surface area contributed by atoms with E-state index in [1.165, 1.54) is 6.42 Å². The molecule has 2 heteroatoms. The van der Waals surface area contributed by atoms with E-state index in [0.717, 1.165) is 19.6 Å². The monoisotopic (exact) mass is 173 g/mol. The zero-order valence-electron chi connectivity index (χ0n) is 8.89. The van der Waals surface area contributed by atoms with Gasteiger partial charge in [0.1, 0.15) is 0 Å². The molecule has 0 aromatic heterocycles. The molecule has 0 fully saturated rings. The number of rotatable bonds is 7. The lowest BCUT2D eigenvalue weighted by Gasteiger charge is -2.16. The van der Waals surface area contributed by atoms with Crippen molar-refractivity contribution in [3.05, 3.63) is 0 Å². The summed E-state index contributed by atoms with van der Waals surface area (Å²) in [5.41, 5.74) is 0. The summed E-state index contributed by atoms with van der Waals surface area (Å²) in [5, 5.41) is 3.23. The first kappa shape index (κ1) is 11.9. The largest absolute Gasteiger partial charge is 0.381 e. The van der Waals surface area contributed by atoms with E-state index in [1.807, 2.05) is 7.05 Å². The first-order valence-corrected chi connectivity index (χ1v) is 4.95. The summed E-state index contributed by atoms with van der Waals surface area (Å²) >= 11 is 0. The van der Waals surface area contributed by atoms with Crippen molar-refractivity contribution in [2.75, 3.05) is 20.3 Å². The predicted octanol–water partition coefficient (Wildman–Crippen LogP) is 2.05. The second kappa shape index (κ2) is 7.56. The third kappa shape index (κ3) is 6.62. The van der Waals surface area contributed by atoms with E-state index >= 15 is 0 Å². The van der Waals surface area contributed by atoms with Gasteiger partial charge in [-0.2, -0.15) is 0 Å². The van der Waals surface area contributed by atoms with E-state index in [-0.39, 0.29) is 0 Å². The average molecular weight is 173 g/mol. The fourth-order valence-electron chi connectivity index (χ4n) is 1.22. The smallest absolute Gasteiger partial charge is 0.0492 e. The van der Waals surface area contributed by atoms with Gasteiger partial charge in [0, 0.05) is 19.3 Å². The molecular weight excluding hydrogens is 150 g/mol. The minimum absolute atomic E-state index is 0.602. The van der Waals surface area contributed by atoms with Crippen LogP contribution < -0.4 is 5.32 Å². The highest BCUT2D eigenvalue weighted by Gasteiger charge is 2.06. The van der Waals surface area contributed by atoms with Crippen molar-refractivity contribution >= 4 is 0 Å². The fourth-order valence-corrected chi connectivity index (χ4v) is 1.22. The maximum atomic E-state index is 5.46. The molecular formula is C10H23NO. The van der Waals surface area contributed by atoms with Crippen LogP contribution >= 0.6 is 0 Å². The predicted molar refractivity (Wildman–Crippen MR) is 53.4 cm³/mol. The third-order valence-corrected chi connectivity index (χ3v) is 2.00. The number of hydrogen-bond donors (Lipinski definition) is 1. The van der Waals surface area contributed by atoms with E-state index in [1.54, 1.807) is 0 Å². The molecule has 0 amide bonds. The van der Waals surface area contributed by atoms with Crippen molar-refractivity contribution < 1.29 is 4.74 Å². The van der Waals surface area contributed by atoms with Crippen LogP contribution in [-0.4, -0.2) is 26.3 Å². The van der Waals surface area contributed by atoms with Crippen LogP contribution in [0.2, 0.25) is 0 Å². The number of nitrogens with one attached hydrogen (secondary N) is 1. The Labute approximate surface area is 76.7 Å². The van der Waals surface area contributed by atoms with Crippen molar-refractivity contribution in [1.29, 1.82) is 0 Å². The summed E-state index contributed by atoms with van der Waals surface area (Å²) in [7, 11) is 2.00. The van der Waals surface area contributed by atoms with Gasteiger partial charge in [0.05, 0.1) is 0 Å². The SMILES string of the molecule is CCCOCC(C)CC(C)NC. The van der Waals surface area contributed by atoms with Gasteiger partial charge in [0.15, 0.2) is 0 Å². The molecule has 0 saturated heterocycles. The highest BCUT2D eigenvalue weighted by molar-refractivity contribution is 4.62. The van der Waals surface area contributed by atoms with Gasteiger partial charge in [-0.15, -0.1) is 0 Å². The molecule has 74 valence electrons. The summed E-state index contributed by atoms with van der Waals surface area (Å²) in [5.74, 6) is 0.666. The summed E-state index contributed by atoms with van der Waals surface area (Å²) in [6.07, 6.45) is 2.31. The lowest BCUT2D eigenvalue weighted by molar-refractivity contribution is 0.0996. The number of ether oxygens (including phenoxy) is 1. The van der Waals surface area contributed by atoms with E-state index in [9.17, 15) is 0 Å². The molecule has 0 saturated carbocycles. The first-order chi connectivity index (χ1) is 5.70. The Balaban J connectivity index is 3.26. The third-order valence-electron chi connectivity index (χ3n) is 2.00. The molecule has 1 N–H and O–H groups in total. The van der Waals surface area contributed by atoms with Gasteiger partial charge in [-0.05, 0) is 32.7 Å². The van der Waals surface area contributed by atoms with Crippen LogP contribution in [-0.2, 0) is 4.74 Å². The van der Waals surface area contributed by atoms with Crippen molar-refractivity contribution in [3.8, 4) is 0 Å². The Morgan fingerprint density at radius 3 is 2.50 bits per heavy atom. The maximum absolute atomic E-state index is 5.46. The first-order valence-electron chi connectivity index (χ1n) is 4.95. The Kier molecular flexibility index (Phi) is 7.51. The molecule has 0 aliphatic carbocycles. The average Bonchev–Trinajstić information content (AvgIpc) is 2.05. The minimum Gasteiger partial charge on any atom is -0.381 e.